The Balaban J connectivity index is 1.47. The number of para-hydroxylation sites is 1. The molecule has 6 nitrogen and oxygen atoms in total. The minimum Gasteiger partial charge on any atom is -0.370 e. The maximum absolute atomic E-state index is 12.3. The van der Waals surface area contributed by atoms with Gasteiger partial charge in [0.2, 0.25) is 5.91 Å². The van der Waals surface area contributed by atoms with Gasteiger partial charge in [0, 0.05) is 12.2 Å². The van der Waals surface area contributed by atoms with Gasteiger partial charge >= 0.3 is 6.03 Å². The molecule has 2 N–H and O–H groups in total. The Morgan fingerprint density at radius 2 is 2.08 bits per heavy atom. The van der Waals surface area contributed by atoms with Gasteiger partial charge in [0.05, 0.1) is 19.7 Å². The zero-order valence-electron chi connectivity index (χ0n) is 13.1. The van der Waals surface area contributed by atoms with Crippen molar-refractivity contribution in [1.29, 1.82) is 0 Å². The molecule has 0 bridgehead atoms. The van der Waals surface area contributed by atoms with Gasteiger partial charge in [0.1, 0.15) is 6.10 Å². The van der Waals surface area contributed by atoms with Crippen molar-refractivity contribution in [2.45, 2.75) is 6.10 Å². The molecule has 126 valence electrons. The smallest absolute Gasteiger partial charge is 0.318 e. The molecule has 7 heteroatoms. The average molecular weight is 345 g/mol. The Morgan fingerprint density at radius 3 is 2.83 bits per heavy atom. The summed E-state index contributed by atoms with van der Waals surface area (Å²) < 4.78 is 5.71. The van der Waals surface area contributed by atoms with Gasteiger partial charge in [-0.25, -0.2) is 4.79 Å². The Labute approximate surface area is 144 Å². The Bertz CT molecular complexity index is 676. The monoisotopic (exact) mass is 345 g/mol. The second-order valence-electron chi connectivity index (χ2n) is 5.44. The predicted octanol–water partition coefficient (Wildman–Crippen LogP) is 2.47. The number of morpholine rings is 1. The van der Waals surface area contributed by atoms with Crippen LogP contribution in [0.2, 0.25) is 0 Å². The van der Waals surface area contributed by atoms with Crippen LogP contribution in [-0.2, 0) is 9.53 Å². The van der Waals surface area contributed by atoms with Crippen LogP contribution in [0.5, 0.6) is 0 Å². The highest BCUT2D eigenvalue weighted by Crippen LogP contribution is 2.24. The lowest BCUT2D eigenvalue weighted by Gasteiger charge is -2.32. The Kier molecular flexibility index (Phi) is 5.45. The van der Waals surface area contributed by atoms with E-state index in [-0.39, 0.29) is 24.6 Å². The van der Waals surface area contributed by atoms with Crippen molar-refractivity contribution < 1.29 is 14.3 Å². The fourth-order valence-electron chi connectivity index (χ4n) is 2.49. The number of nitrogens with one attached hydrogen (secondary N) is 2. The van der Waals surface area contributed by atoms with Crippen LogP contribution in [0.4, 0.5) is 10.5 Å². The van der Waals surface area contributed by atoms with Crippen LogP contribution in [0, 0.1) is 0 Å². The van der Waals surface area contributed by atoms with Crippen LogP contribution in [0.1, 0.15) is 11.7 Å². The molecule has 2 aromatic rings. The molecule has 1 atom stereocenters. The second-order valence-corrected chi connectivity index (χ2v) is 6.22. The molecule has 1 unspecified atom stereocenters. The first-order chi connectivity index (χ1) is 11.7. The maximum atomic E-state index is 12.3. The van der Waals surface area contributed by atoms with Crippen molar-refractivity contribution in [1.82, 2.24) is 10.2 Å². The van der Waals surface area contributed by atoms with E-state index in [2.05, 4.69) is 10.6 Å². The number of hydrogen-bond acceptors (Lipinski definition) is 4. The maximum Gasteiger partial charge on any atom is 0.318 e. The van der Waals surface area contributed by atoms with Gasteiger partial charge in [-0.2, -0.15) is 11.3 Å². The highest BCUT2D eigenvalue weighted by Gasteiger charge is 2.25. The number of carbonyl (C=O) groups excluding carboxylic acids is 2. The average Bonchev–Trinajstić information content (AvgIpc) is 3.15. The largest absolute Gasteiger partial charge is 0.370 e. The van der Waals surface area contributed by atoms with Crippen LogP contribution in [-0.4, -0.2) is 43.1 Å². The molecule has 3 rings (SSSR count). The Hall–Kier alpha value is -2.38. The summed E-state index contributed by atoms with van der Waals surface area (Å²) in [6.07, 6.45) is -0.103. The first kappa shape index (κ1) is 16.5. The van der Waals surface area contributed by atoms with Gasteiger partial charge in [-0.15, -0.1) is 0 Å². The molecule has 1 aliphatic heterocycles. The van der Waals surface area contributed by atoms with Crippen molar-refractivity contribution in [2.24, 2.45) is 0 Å². The minimum atomic E-state index is -0.253. The molecule has 3 amide bonds. The molecule has 0 radical (unpaired) electrons. The third-order valence-corrected chi connectivity index (χ3v) is 4.43. The molecule has 1 aliphatic rings. The first-order valence-electron chi connectivity index (χ1n) is 7.74. The number of amides is 3. The summed E-state index contributed by atoms with van der Waals surface area (Å²) in [4.78, 5) is 25.8. The molecule has 24 heavy (non-hydrogen) atoms. The van der Waals surface area contributed by atoms with Crippen LogP contribution < -0.4 is 10.6 Å². The van der Waals surface area contributed by atoms with E-state index < -0.39 is 0 Å². The number of ether oxygens (including phenoxy) is 1. The lowest BCUT2D eigenvalue weighted by Crippen LogP contribution is -2.48. The van der Waals surface area contributed by atoms with E-state index in [1.54, 1.807) is 28.4 Å². The van der Waals surface area contributed by atoms with Gasteiger partial charge in [-0.3, -0.25) is 4.79 Å². The van der Waals surface area contributed by atoms with Gasteiger partial charge in [-0.1, -0.05) is 18.2 Å². The number of benzene rings is 1. The molecule has 1 aromatic carbocycles. The topological polar surface area (TPSA) is 70.7 Å². The number of nitrogens with zero attached hydrogens (tertiary/aromatic N) is 1. The summed E-state index contributed by atoms with van der Waals surface area (Å²) >= 11 is 1.61. The lowest BCUT2D eigenvalue weighted by molar-refractivity contribution is -0.115. The fourth-order valence-corrected chi connectivity index (χ4v) is 3.19. The number of hydrogen-bond donors (Lipinski definition) is 2. The number of rotatable bonds is 4. The molecular formula is C17H19N3O3S. The predicted molar refractivity (Wildman–Crippen MR) is 93.1 cm³/mol. The number of anilines is 1. The summed E-state index contributed by atoms with van der Waals surface area (Å²) in [5.74, 6) is -0.253. The highest BCUT2D eigenvalue weighted by molar-refractivity contribution is 7.07. The van der Waals surface area contributed by atoms with Gasteiger partial charge in [0.25, 0.3) is 0 Å². The summed E-state index contributed by atoms with van der Waals surface area (Å²) in [5.41, 5.74) is 1.79. The molecule has 1 fully saturated rings. The van der Waals surface area contributed by atoms with Crippen molar-refractivity contribution in [3.05, 3.63) is 52.7 Å². The van der Waals surface area contributed by atoms with Crippen LogP contribution in [0.25, 0.3) is 0 Å². The van der Waals surface area contributed by atoms with Gasteiger partial charge in [-0.05, 0) is 34.5 Å². The minimum absolute atomic E-state index is 0.0613. The molecule has 0 spiro atoms. The fraction of sp³-hybridized carbons (Fsp3) is 0.294. The summed E-state index contributed by atoms with van der Waals surface area (Å²) in [6, 6.07) is 10.9. The zero-order chi connectivity index (χ0) is 16.8. The van der Waals surface area contributed by atoms with E-state index in [1.807, 2.05) is 35.0 Å². The molecule has 0 aliphatic carbocycles. The number of thiophene rings is 1. The van der Waals surface area contributed by atoms with Crippen molar-refractivity contribution in [2.75, 3.05) is 31.6 Å². The highest BCUT2D eigenvalue weighted by atomic mass is 32.1. The molecule has 2 heterocycles. The van der Waals surface area contributed by atoms with Crippen molar-refractivity contribution in [3.8, 4) is 0 Å². The first-order valence-corrected chi connectivity index (χ1v) is 8.68. The number of carbonyl (C=O) groups is 2. The normalized spacial score (nSPS) is 17.3. The quantitative estimate of drug-likeness (QED) is 0.894. The van der Waals surface area contributed by atoms with E-state index in [1.165, 1.54) is 0 Å². The Morgan fingerprint density at radius 1 is 1.25 bits per heavy atom. The lowest BCUT2D eigenvalue weighted by atomic mass is 10.1. The van der Waals surface area contributed by atoms with Crippen LogP contribution in [0.3, 0.4) is 0 Å². The third-order valence-electron chi connectivity index (χ3n) is 3.73. The summed E-state index contributed by atoms with van der Waals surface area (Å²) in [7, 11) is 0. The van der Waals surface area contributed by atoms with E-state index in [0.717, 1.165) is 5.56 Å². The molecule has 1 saturated heterocycles. The van der Waals surface area contributed by atoms with Gasteiger partial charge in [0.15, 0.2) is 0 Å². The van der Waals surface area contributed by atoms with Crippen molar-refractivity contribution >= 4 is 29.0 Å². The molecule has 1 aromatic heterocycles. The van der Waals surface area contributed by atoms with Gasteiger partial charge < -0.3 is 20.3 Å². The van der Waals surface area contributed by atoms with E-state index in [0.29, 0.717) is 25.4 Å². The van der Waals surface area contributed by atoms with E-state index >= 15 is 0 Å². The SMILES string of the molecule is O=C(CNC(=O)N1CCOC(c2ccsc2)C1)Nc1ccccc1. The van der Waals surface area contributed by atoms with E-state index in [4.69, 9.17) is 4.74 Å². The molecule has 0 saturated carbocycles. The third kappa shape index (κ3) is 4.33. The van der Waals surface area contributed by atoms with Crippen LogP contribution >= 0.6 is 11.3 Å². The second kappa shape index (κ2) is 7.94. The summed E-state index contributed by atoms with van der Waals surface area (Å²) in [6.45, 7) is 1.44. The summed E-state index contributed by atoms with van der Waals surface area (Å²) in [5, 5.41) is 9.41. The standard InChI is InChI=1S/C17H19N3O3S/c21-16(19-14-4-2-1-3-5-14)10-18-17(22)20-7-8-23-15(11-20)13-6-9-24-12-13/h1-6,9,12,15H,7-8,10-11H2,(H,18,22)(H,19,21). The molecular weight excluding hydrogens is 326 g/mol. The zero-order valence-corrected chi connectivity index (χ0v) is 13.9. The number of urea groups is 1. The van der Waals surface area contributed by atoms with E-state index in [9.17, 15) is 9.59 Å². The van der Waals surface area contributed by atoms with Crippen LogP contribution in [0.15, 0.2) is 47.2 Å². The van der Waals surface area contributed by atoms with Crippen molar-refractivity contribution in [3.63, 3.8) is 0 Å².